The Hall–Kier alpha value is -1.90. The molecule has 1 aliphatic rings. The Labute approximate surface area is 138 Å². The molecule has 1 saturated heterocycles. The van der Waals surface area contributed by atoms with E-state index in [2.05, 4.69) is 35.0 Å². The van der Waals surface area contributed by atoms with Gasteiger partial charge < -0.3 is 10.2 Å². The number of carbonyl (C=O) groups is 1. The van der Waals surface area contributed by atoms with Crippen LogP contribution < -0.4 is 5.32 Å². The monoisotopic (exact) mass is 314 g/mol. The molecule has 1 atom stereocenters. The number of piperazine rings is 1. The number of carbonyl (C=O) groups excluding carboxylic acids is 1. The van der Waals surface area contributed by atoms with Gasteiger partial charge in [0, 0.05) is 44.3 Å². The van der Waals surface area contributed by atoms with Crippen molar-refractivity contribution in [3.63, 3.8) is 0 Å². The van der Waals surface area contributed by atoms with Crippen LogP contribution in [0, 0.1) is 11.3 Å². The van der Waals surface area contributed by atoms with Crippen molar-refractivity contribution in [2.75, 3.05) is 44.6 Å². The molecule has 1 aromatic carbocycles. The molecule has 1 unspecified atom stereocenters. The molecule has 2 rings (SSSR count). The summed E-state index contributed by atoms with van der Waals surface area (Å²) in [7, 11) is 0. The van der Waals surface area contributed by atoms with Gasteiger partial charge >= 0.3 is 0 Å². The first-order chi connectivity index (χ1) is 11.0. The molecule has 0 amide bonds. The number of nitriles is 1. The van der Waals surface area contributed by atoms with E-state index in [-0.39, 0.29) is 5.78 Å². The third-order valence-electron chi connectivity index (χ3n) is 4.61. The van der Waals surface area contributed by atoms with Crippen LogP contribution in [0.1, 0.15) is 36.7 Å². The lowest BCUT2D eigenvalue weighted by atomic mass is 10.1. The van der Waals surface area contributed by atoms with Crippen molar-refractivity contribution in [3.05, 3.63) is 29.3 Å². The molecule has 23 heavy (non-hydrogen) atoms. The molecule has 5 heteroatoms. The largest absolute Gasteiger partial charge is 0.382 e. The predicted molar refractivity (Wildman–Crippen MR) is 92.8 cm³/mol. The summed E-state index contributed by atoms with van der Waals surface area (Å²) >= 11 is 0. The van der Waals surface area contributed by atoms with Crippen LogP contribution in [0.25, 0.3) is 0 Å². The van der Waals surface area contributed by atoms with Crippen molar-refractivity contribution >= 4 is 11.5 Å². The number of hydrogen-bond acceptors (Lipinski definition) is 5. The van der Waals surface area contributed by atoms with E-state index in [1.807, 2.05) is 0 Å². The third-order valence-corrected chi connectivity index (χ3v) is 4.61. The fourth-order valence-corrected chi connectivity index (χ4v) is 2.91. The second-order valence-corrected chi connectivity index (χ2v) is 6.13. The molecule has 0 radical (unpaired) electrons. The highest BCUT2D eigenvalue weighted by atomic mass is 16.1. The average Bonchev–Trinajstić information content (AvgIpc) is 2.59. The highest BCUT2D eigenvalue weighted by Crippen LogP contribution is 2.18. The summed E-state index contributed by atoms with van der Waals surface area (Å²) in [5.74, 6) is 0.0151. The molecule has 124 valence electrons. The summed E-state index contributed by atoms with van der Waals surface area (Å²) in [4.78, 5) is 16.4. The molecular formula is C18H26N4O. The molecule has 1 aliphatic heterocycles. The van der Waals surface area contributed by atoms with Crippen LogP contribution in [0.3, 0.4) is 0 Å². The van der Waals surface area contributed by atoms with E-state index in [0.29, 0.717) is 17.2 Å². The predicted octanol–water partition coefficient (Wildman–Crippen LogP) is 2.20. The standard InChI is InChI=1S/C18H26N4O/c1-4-21-7-9-22(10-8-21)14(2)13-20-18-11-16(15(3)23)5-6-17(18)12-19/h5-6,11,14,20H,4,7-10,13H2,1-3H3. The highest BCUT2D eigenvalue weighted by molar-refractivity contribution is 5.95. The number of benzene rings is 1. The number of rotatable bonds is 6. The highest BCUT2D eigenvalue weighted by Gasteiger charge is 2.20. The lowest BCUT2D eigenvalue weighted by Gasteiger charge is -2.37. The van der Waals surface area contributed by atoms with Gasteiger partial charge in [-0.3, -0.25) is 9.69 Å². The van der Waals surface area contributed by atoms with Gasteiger partial charge in [-0.1, -0.05) is 6.92 Å². The van der Waals surface area contributed by atoms with E-state index in [1.165, 1.54) is 0 Å². The normalized spacial score (nSPS) is 17.5. The molecule has 5 nitrogen and oxygen atoms in total. The van der Waals surface area contributed by atoms with Crippen molar-refractivity contribution in [3.8, 4) is 6.07 Å². The quantitative estimate of drug-likeness (QED) is 0.816. The molecule has 1 aromatic rings. The van der Waals surface area contributed by atoms with E-state index in [9.17, 15) is 10.1 Å². The maximum absolute atomic E-state index is 11.5. The summed E-state index contributed by atoms with van der Waals surface area (Å²) in [6.45, 7) is 12.2. The molecule has 0 aliphatic carbocycles. The Morgan fingerprint density at radius 1 is 1.35 bits per heavy atom. The molecule has 0 spiro atoms. The lowest BCUT2D eigenvalue weighted by Crippen LogP contribution is -2.51. The Bertz CT molecular complexity index is 585. The first-order valence-corrected chi connectivity index (χ1v) is 8.30. The van der Waals surface area contributed by atoms with Crippen molar-refractivity contribution in [2.45, 2.75) is 26.8 Å². The van der Waals surface area contributed by atoms with Gasteiger partial charge in [0.1, 0.15) is 6.07 Å². The van der Waals surface area contributed by atoms with Gasteiger partial charge in [0.2, 0.25) is 0 Å². The van der Waals surface area contributed by atoms with Crippen molar-refractivity contribution < 1.29 is 4.79 Å². The van der Waals surface area contributed by atoms with Gasteiger partial charge in [-0.15, -0.1) is 0 Å². The summed E-state index contributed by atoms with van der Waals surface area (Å²) in [6, 6.07) is 7.77. The van der Waals surface area contributed by atoms with Gasteiger partial charge in [-0.25, -0.2) is 0 Å². The molecule has 0 bridgehead atoms. The Morgan fingerprint density at radius 2 is 2.04 bits per heavy atom. The van der Waals surface area contributed by atoms with Crippen LogP contribution in [0.4, 0.5) is 5.69 Å². The maximum atomic E-state index is 11.5. The number of hydrogen-bond donors (Lipinski definition) is 1. The summed E-state index contributed by atoms with van der Waals surface area (Å²) in [6.07, 6.45) is 0. The van der Waals surface area contributed by atoms with E-state index in [1.54, 1.807) is 25.1 Å². The molecule has 0 saturated carbocycles. The number of likely N-dealkylation sites (N-methyl/N-ethyl adjacent to an activating group) is 1. The van der Waals surface area contributed by atoms with Crippen molar-refractivity contribution in [1.29, 1.82) is 5.26 Å². The topological polar surface area (TPSA) is 59.4 Å². The zero-order valence-electron chi connectivity index (χ0n) is 14.3. The summed E-state index contributed by atoms with van der Waals surface area (Å²) < 4.78 is 0. The van der Waals surface area contributed by atoms with E-state index in [0.717, 1.165) is 45.0 Å². The van der Waals surface area contributed by atoms with Gasteiger partial charge in [0.15, 0.2) is 5.78 Å². The van der Waals surface area contributed by atoms with Gasteiger partial charge in [-0.05, 0) is 38.6 Å². The van der Waals surface area contributed by atoms with Gasteiger partial charge in [-0.2, -0.15) is 5.26 Å². The molecule has 1 heterocycles. The Morgan fingerprint density at radius 3 is 2.61 bits per heavy atom. The minimum atomic E-state index is 0.0151. The van der Waals surface area contributed by atoms with Crippen LogP contribution in [0.2, 0.25) is 0 Å². The van der Waals surface area contributed by atoms with E-state index < -0.39 is 0 Å². The zero-order valence-corrected chi connectivity index (χ0v) is 14.3. The first-order valence-electron chi connectivity index (χ1n) is 8.30. The van der Waals surface area contributed by atoms with E-state index in [4.69, 9.17) is 0 Å². The summed E-state index contributed by atoms with van der Waals surface area (Å²) in [5.41, 5.74) is 1.97. The van der Waals surface area contributed by atoms with E-state index >= 15 is 0 Å². The number of ketones is 1. The Kier molecular flexibility index (Phi) is 6.14. The van der Waals surface area contributed by atoms with Crippen LogP contribution >= 0.6 is 0 Å². The minimum Gasteiger partial charge on any atom is -0.382 e. The second-order valence-electron chi connectivity index (χ2n) is 6.13. The second kappa shape index (κ2) is 8.09. The molecular weight excluding hydrogens is 288 g/mol. The fraction of sp³-hybridized carbons (Fsp3) is 0.556. The summed E-state index contributed by atoms with van der Waals surface area (Å²) in [5, 5.41) is 12.6. The Balaban J connectivity index is 1.96. The first kappa shape index (κ1) is 17.5. The molecule has 1 fully saturated rings. The fourth-order valence-electron chi connectivity index (χ4n) is 2.91. The number of anilines is 1. The minimum absolute atomic E-state index is 0.0151. The average molecular weight is 314 g/mol. The maximum Gasteiger partial charge on any atom is 0.159 e. The van der Waals surface area contributed by atoms with Gasteiger partial charge in [0.05, 0.1) is 11.3 Å². The van der Waals surface area contributed by atoms with Crippen LogP contribution in [-0.4, -0.2) is 60.9 Å². The number of nitrogens with zero attached hydrogens (tertiary/aromatic N) is 3. The lowest BCUT2D eigenvalue weighted by molar-refractivity contribution is 0.101. The third kappa shape index (κ3) is 4.54. The molecule has 0 aromatic heterocycles. The molecule has 1 N–H and O–H groups in total. The number of nitrogens with one attached hydrogen (secondary N) is 1. The van der Waals surface area contributed by atoms with Gasteiger partial charge in [0.25, 0.3) is 0 Å². The van der Waals surface area contributed by atoms with Crippen molar-refractivity contribution in [1.82, 2.24) is 9.80 Å². The smallest absolute Gasteiger partial charge is 0.159 e. The van der Waals surface area contributed by atoms with Crippen LogP contribution in [0.5, 0.6) is 0 Å². The zero-order chi connectivity index (χ0) is 16.8. The SMILES string of the molecule is CCN1CCN(C(C)CNc2cc(C(C)=O)ccc2C#N)CC1. The van der Waals surface area contributed by atoms with Crippen molar-refractivity contribution in [2.24, 2.45) is 0 Å². The van der Waals surface area contributed by atoms with Crippen LogP contribution in [0.15, 0.2) is 18.2 Å². The van der Waals surface area contributed by atoms with Crippen LogP contribution in [-0.2, 0) is 0 Å². The number of Topliss-reactive ketones (excluding diaryl/α,β-unsaturated/α-hetero) is 1.